The van der Waals surface area contributed by atoms with E-state index in [1.807, 2.05) is 7.05 Å². The highest BCUT2D eigenvalue weighted by Crippen LogP contribution is 2.32. The van der Waals surface area contributed by atoms with Gasteiger partial charge in [-0.25, -0.2) is 0 Å². The predicted octanol–water partition coefficient (Wildman–Crippen LogP) is 2.53. The normalized spacial score (nSPS) is 16.8. The number of hydrogen-bond acceptors (Lipinski definition) is 2. The number of hydrogen-bond donors (Lipinski definition) is 1. The minimum atomic E-state index is -0.229. The highest BCUT2D eigenvalue weighted by molar-refractivity contribution is 5.77. The van der Waals surface area contributed by atoms with Crippen molar-refractivity contribution < 1.29 is 4.79 Å². The van der Waals surface area contributed by atoms with E-state index in [9.17, 15) is 4.79 Å². The standard InChI is InChI=1S/C16H24N2O/c1-12-5-6-14(13(2)9-12)11-18(3)15(19)10-16(17)7-4-8-16/h5-6,9H,4,7-8,10-11,17H2,1-3H3. The molecule has 19 heavy (non-hydrogen) atoms. The molecule has 1 saturated carbocycles. The molecule has 0 bridgehead atoms. The molecule has 0 saturated heterocycles. The van der Waals surface area contributed by atoms with Gasteiger partial charge < -0.3 is 10.6 Å². The average Bonchev–Trinajstić information content (AvgIpc) is 2.30. The Bertz CT molecular complexity index is 478. The van der Waals surface area contributed by atoms with Crippen LogP contribution >= 0.6 is 0 Å². The Morgan fingerprint density at radius 3 is 2.58 bits per heavy atom. The lowest BCUT2D eigenvalue weighted by molar-refractivity contribution is -0.132. The van der Waals surface area contributed by atoms with Crippen molar-refractivity contribution in [2.75, 3.05) is 7.05 Å². The van der Waals surface area contributed by atoms with Crippen LogP contribution in [0.3, 0.4) is 0 Å². The molecule has 0 unspecified atom stereocenters. The number of rotatable bonds is 4. The lowest BCUT2D eigenvalue weighted by Gasteiger charge is -2.38. The molecule has 1 amide bonds. The summed E-state index contributed by atoms with van der Waals surface area (Å²) >= 11 is 0. The van der Waals surface area contributed by atoms with Gasteiger partial charge in [0.25, 0.3) is 0 Å². The summed E-state index contributed by atoms with van der Waals surface area (Å²) in [6, 6.07) is 6.36. The summed E-state index contributed by atoms with van der Waals surface area (Å²) < 4.78 is 0. The van der Waals surface area contributed by atoms with E-state index in [2.05, 4.69) is 32.0 Å². The molecule has 0 spiro atoms. The average molecular weight is 260 g/mol. The molecule has 2 N–H and O–H groups in total. The predicted molar refractivity (Wildman–Crippen MR) is 77.8 cm³/mol. The van der Waals surface area contributed by atoms with Crippen molar-refractivity contribution in [1.82, 2.24) is 4.90 Å². The summed E-state index contributed by atoms with van der Waals surface area (Å²) in [7, 11) is 1.86. The lowest BCUT2D eigenvalue weighted by atomic mass is 9.75. The number of carbonyl (C=O) groups is 1. The van der Waals surface area contributed by atoms with E-state index in [1.165, 1.54) is 16.7 Å². The lowest BCUT2D eigenvalue weighted by Crippen LogP contribution is -2.50. The van der Waals surface area contributed by atoms with Gasteiger partial charge in [0, 0.05) is 25.6 Å². The van der Waals surface area contributed by atoms with Gasteiger partial charge in [-0.3, -0.25) is 4.79 Å². The van der Waals surface area contributed by atoms with Crippen LogP contribution in [0.4, 0.5) is 0 Å². The van der Waals surface area contributed by atoms with Crippen molar-refractivity contribution in [3.63, 3.8) is 0 Å². The van der Waals surface area contributed by atoms with Gasteiger partial charge in [-0.05, 0) is 44.2 Å². The smallest absolute Gasteiger partial charge is 0.224 e. The Labute approximate surface area is 115 Å². The van der Waals surface area contributed by atoms with Crippen LogP contribution in [-0.4, -0.2) is 23.4 Å². The molecule has 0 radical (unpaired) electrons. The number of aryl methyl sites for hydroxylation is 2. The summed E-state index contributed by atoms with van der Waals surface area (Å²) in [4.78, 5) is 14.0. The number of benzene rings is 1. The maximum absolute atomic E-state index is 12.2. The summed E-state index contributed by atoms with van der Waals surface area (Å²) in [6.45, 7) is 4.85. The van der Waals surface area contributed by atoms with Gasteiger partial charge in [-0.2, -0.15) is 0 Å². The van der Waals surface area contributed by atoms with Crippen LogP contribution in [0.25, 0.3) is 0 Å². The van der Waals surface area contributed by atoms with Crippen molar-refractivity contribution in [2.45, 2.75) is 51.6 Å². The van der Waals surface area contributed by atoms with Crippen molar-refractivity contribution >= 4 is 5.91 Å². The van der Waals surface area contributed by atoms with Crippen molar-refractivity contribution in [1.29, 1.82) is 0 Å². The van der Waals surface area contributed by atoms with E-state index in [1.54, 1.807) is 4.90 Å². The highest BCUT2D eigenvalue weighted by atomic mass is 16.2. The Balaban J connectivity index is 1.96. The molecule has 0 aromatic heterocycles. The fourth-order valence-electron chi connectivity index (χ4n) is 2.61. The van der Waals surface area contributed by atoms with Crippen LogP contribution in [0.1, 0.15) is 42.4 Å². The van der Waals surface area contributed by atoms with E-state index < -0.39 is 0 Å². The van der Waals surface area contributed by atoms with Gasteiger partial charge in [0.1, 0.15) is 0 Å². The minimum Gasteiger partial charge on any atom is -0.341 e. The third kappa shape index (κ3) is 3.35. The summed E-state index contributed by atoms with van der Waals surface area (Å²) in [5.74, 6) is 0.155. The molecule has 2 rings (SSSR count). The fraction of sp³-hybridized carbons (Fsp3) is 0.562. The summed E-state index contributed by atoms with van der Waals surface area (Å²) in [6.07, 6.45) is 3.60. The monoisotopic (exact) mass is 260 g/mol. The maximum Gasteiger partial charge on any atom is 0.224 e. The quantitative estimate of drug-likeness (QED) is 0.904. The first kappa shape index (κ1) is 14.1. The van der Waals surface area contributed by atoms with E-state index in [0.717, 1.165) is 19.3 Å². The molecular formula is C16H24N2O. The second-order valence-corrected chi connectivity index (χ2v) is 6.07. The van der Waals surface area contributed by atoms with Crippen LogP contribution in [0.5, 0.6) is 0 Å². The molecule has 104 valence electrons. The first-order chi connectivity index (χ1) is 8.89. The maximum atomic E-state index is 12.2. The minimum absolute atomic E-state index is 0.155. The molecule has 0 aliphatic heterocycles. The second-order valence-electron chi connectivity index (χ2n) is 6.07. The molecule has 1 aliphatic carbocycles. The zero-order valence-electron chi connectivity index (χ0n) is 12.2. The fourth-order valence-corrected chi connectivity index (χ4v) is 2.61. The first-order valence-electron chi connectivity index (χ1n) is 6.99. The molecule has 1 aromatic carbocycles. The molecule has 0 atom stereocenters. The Kier molecular flexibility index (Phi) is 3.95. The number of amides is 1. The molecule has 3 nitrogen and oxygen atoms in total. The SMILES string of the molecule is Cc1ccc(CN(C)C(=O)CC2(N)CCC2)c(C)c1. The van der Waals surface area contributed by atoms with Crippen molar-refractivity contribution in [2.24, 2.45) is 5.73 Å². The first-order valence-corrected chi connectivity index (χ1v) is 6.99. The van der Waals surface area contributed by atoms with Gasteiger partial charge in [-0.1, -0.05) is 23.8 Å². The van der Waals surface area contributed by atoms with Gasteiger partial charge in [0.05, 0.1) is 0 Å². The van der Waals surface area contributed by atoms with Crippen LogP contribution in [0.15, 0.2) is 18.2 Å². The summed E-state index contributed by atoms with van der Waals surface area (Å²) in [5.41, 5.74) is 9.61. The third-order valence-corrected chi connectivity index (χ3v) is 4.18. The second kappa shape index (κ2) is 5.33. The van der Waals surface area contributed by atoms with Gasteiger partial charge in [0.15, 0.2) is 0 Å². The van der Waals surface area contributed by atoms with Crippen LogP contribution in [-0.2, 0) is 11.3 Å². The third-order valence-electron chi connectivity index (χ3n) is 4.18. The molecule has 1 aliphatic rings. The molecule has 1 aromatic rings. The highest BCUT2D eigenvalue weighted by Gasteiger charge is 2.35. The van der Waals surface area contributed by atoms with E-state index in [-0.39, 0.29) is 11.4 Å². The molecular weight excluding hydrogens is 236 g/mol. The Morgan fingerprint density at radius 1 is 1.37 bits per heavy atom. The van der Waals surface area contributed by atoms with E-state index >= 15 is 0 Å². The van der Waals surface area contributed by atoms with Crippen LogP contribution < -0.4 is 5.73 Å². The van der Waals surface area contributed by atoms with Crippen LogP contribution in [0.2, 0.25) is 0 Å². The van der Waals surface area contributed by atoms with E-state index in [0.29, 0.717) is 13.0 Å². The zero-order chi connectivity index (χ0) is 14.0. The number of nitrogens with two attached hydrogens (primary N) is 1. The van der Waals surface area contributed by atoms with Crippen molar-refractivity contribution in [3.05, 3.63) is 34.9 Å². The summed E-state index contributed by atoms with van der Waals surface area (Å²) in [5, 5.41) is 0. The van der Waals surface area contributed by atoms with Crippen LogP contribution in [0, 0.1) is 13.8 Å². The molecule has 0 heterocycles. The Hall–Kier alpha value is -1.35. The largest absolute Gasteiger partial charge is 0.341 e. The van der Waals surface area contributed by atoms with Gasteiger partial charge in [0.2, 0.25) is 5.91 Å². The Morgan fingerprint density at radius 2 is 2.05 bits per heavy atom. The van der Waals surface area contributed by atoms with Gasteiger partial charge in [-0.15, -0.1) is 0 Å². The number of nitrogens with zero attached hydrogens (tertiary/aromatic N) is 1. The number of carbonyl (C=O) groups excluding carboxylic acids is 1. The van der Waals surface area contributed by atoms with E-state index in [4.69, 9.17) is 5.73 Å². The molecule has 3 heteroatoms. The topological polar surface area (TPSA) is 46.3 Å². The zero-order valence-corrected chi connectivity index (χ0v) is 12.2. The molecule has 1 fully saturated rings. The van der Waals surface area contributed by atoms with Crippen molar-refractivity contribution in [3.8, 4) is 0 Å². The van der Waals surface area contributed by atoms with Gasteiger partial charge >= 0.3 is 0 Å².